The van der Waals surface area contributed by atoms with Crippen molar-refractivity contribution < 1.29 is 18.9 Å². The minimum atomic E-state index is -0.534. The van der Waals surface area contributed by atoms with Crippen LogP contribution in [0.25, 0.3) is 11.8 Å². The molecule has 0 atom stereocenters. The Labute approximate surface area is 129 Å². The summed E-state index contributed by atoms with van der Waals surface area (Å²) in [5.74, 6) is -0.387. The van der Waals surface area contributed by atoms with Gasteiger partial charge in [0.15, 0.2) is 0 Å². The van der Waals surface area contributed by atoms with Gasteiger partial charge in [0, 0.05) is 17.7 Å². The van der Waals surface area contributed by atoms with Crippen LogP contribution < -0.4 is 21.6 Å². The van der Waals surface area contributed by atoms with Gasteiger partial charge in [0.25, 0.3) is 0 Å². The lowest BCUT2D eigenvalue weighted by Gasteiger charge is -2.10. The fraction of sp³-hybridized carbons (Fsp3) is 0.0714. The van der Waals surface area contributed by atoms with Crippen molar-refractivity contribution in [2.24, 2.45) is 0 Å². The highest BCUT2D eigenvalue weighted by Gasteiger charge is 2.25. The summed E-state index contributed by atoms with van der Waals surface area (Å²) in [4.78, 5) is 21.9. The first-order chi connectivity index (χ1) is 11.0. The van der Waals surface area contributed by atoms with E-state index in [-0.39, 0.29) is 18.2 Å². The summed E-state index contributed by atoms with van der Waals surface area (Å²) in [6.07, 6.45) is 7.38. The summed E-state index contributed by atoms with van der Waals surface area (Å²) in [6, 6.07) is 2.83. The van der Waals surface area contributed by atoms with Crippen LogP contribution in [0.4, 0.5) is 4.79 Å². The molecule has 118 valence electrons. The van der Waals surface area contributed by atoms with E-state index in [1.165, 1.54) is 18.4 Å². The minimum absolute atomic E-state index is 0.00142. The SMILES string of the molecule is O=C1CN(NC=c2ccc(=C3C=CC(=[N+]([O-])[O-])C=C3)o2)C(=O)N1. The van der Waals surface area contributed by atoms with Gasteiger partial charge < -0.3 is 14.8 Å². The van der Waals surface area contributed by atoms with Crippen molar-refractivity contribution in [2.45, 2.75) is 0 Å². The fourth-order valence-corrected chi connectivity index (χ4v) is 2.02. The van der Waals surface area contributed by atoms with Crippen LogP contribution in [0.1, 0.15) is 0 Å². The molecule has 0 saturated carbocycles. The van der Waals surface area contributed by atoms with E-state index in [0.717, 1.165) is 5.01 Å². The molecule has 9 nitrogen and oxygen atoms in total. The van der Waals surface area contributed by atoms with Crippen LogP contribution in [0.15, 0.2) is 40.9 Å². The molecule has 23 heavy (non-hydrogen) atoms. The van der Waals surface area contributed by atoms with Gasteiger partial charge in [0.2, 0.25) is 11.6 Å². The standard InChI is InChI=1S/C14H11N4O5/c19-13-8-17(14(20)16-13)15-7-11-5-6-12(23-11)9-1-3-10(4-2-9)18(21)22/h1-7,15H,8H2,(H-,16,19,20,21,22)/q-1. The predicted molar refractivity (Wildman–Crippen MR) is 79.5 cm³/mol. The van der Waals surface area contributed by atoms with Gasteiger partial charge in [-0.05, 0) is 24.3 Å². The van der Waals surface area contributed by atoms with Crippen LogP contribution in [0.3, 0.4) is 0 Å². The first-order valence-corrected chi connectivity index (χ1v) is 6.58. The highest BCUT2D eigenvalue weighted by molar-refractivity contribution is 6.05. The van der Waals surface area contributed by atoms with E-state index >= 15 is 0 Å². The Morgan fingerprint density at radius 3 is 2.57 bits per heavy atom. The summed E-state index contributed by atoms with van der Waals surface area (Å²) in [5.41, 5.74) is 4.30. The predicted octanol–water partition coefficient (Wildman–Crippen LogP) is -1.20. The maximum Gasteiger partial charge on any atom is 0.343 e. The number of urea groups is 1. The molecule has 1 saturated heterocycles. The number of allylic oxidation sites excluding steroid dienone is 4. The summed E-state index contributed by atoms with van der Waals surface area (Å²) >= 11 is 0. The molecule has 3 amide bonds. The van der Waals surface area contributed by atoms with Crippen molar-refractivity contribution in [3.63, 3.8) is 0 Å². The number of nitrogens with zero attached hydrogens (tertiary/aromatic N) is 2. The van der Waals surface area contributed by atoms with E-state index in [2.05, 4.69) is 10.7 Å². The molecule has 2 aliphatic rings. The molecule has 1 aliphatic carbocycles. The number of hydrogen-bond acceptors (Lipinski definition) is 6. The third kappa shape index (κ3) is 3.07. The first-order valence-electron chi connectivity index (χ1n) is 6.58. The van der Waals surface area contributed by atoms with Crippen LogP contribution >= 0.6 is 0 Å². The third-order valence-electron chi connectivity index (χ3n) is 3.15. The van der Waals surface area contributed by atoms with Crippen molar-refractivity contribution >= 4 is 29.4 Å². The van der Waals surface area contributed by atoms with Crippen molar-refractivity contribution in [1.29, 1.82) is 0 Å². The molecule has 0 unspecified atom stereocenters. The second-order valence-electron chi connectivity index (χ2n) is 4.72. The number of furan rings is 1. The molecule has 1 aromatic heterocycles. The van der Waals surface area contributed by atoms with Crippen molar-refractivity contribution in [2.75, 3.05) is 6.54 Å². The number of hydrogen-bond donors (Lipinski definition) is 2. The molecule has 1 aliphatic heterocycles. The van der Waals surface area contributed by atoms with Gasteiger partial charge >= 0.3 is 6.03 Å². The van der Waals surface area contributed by atoms with Gasteiger partial charge in [0.1, 0.15) is 17.4 Å². The zero-order valence-electron chi connectivity index (χ0n) is 11.7. The highest BCUT2D eigenvalue weighted by atomic mass is 16.8. The van der Waals surface area contributed by atoms with Crippen LogP contribution in [0.2, 0.25) is 0 Å². The average Bonchev–Trinajstić information content (AvgIpc) is 3.11. The van der Waals surface area contributed by atoms with Crippen LogP contribution in [0.5, 0.6) is 0 Å². The van der Waals surface area contributed by atoms with Crippen LogP contribution in [-0.4, -0.2) is 34.1 Å². The minimum Gasteiger partial charge on any atom is -0.612 e. The van der Waals surface area contributed by atoms with E-state index < -0.39 is 10.9 Å². The van der Waals surface area contributed by atoms with Crippen molar-refractivity contribution in [1.82, 2.24) is 15.8 Å². The molecule has 0 aromatic carbocycles. The summed E-state index contributed by atoms with van der Waals surface area (Å²) in [6.45, 7) is -0.0781. The van der Waals surface area contributed by atoms with E-state index in [9.17, 15) is 20.0 Å². The molecular formula is C14H11N4O5-. The number of amides is 3. The maximum atomic E-state index is 11.3. The monoisotopic (exact) mass is 315 g/mol. The largest absolute Gasteiger partial charge is 0.612 e. The van der Waals surface area contributed by atoms with Crippen LogP contribution in [-0.2, 0) is 4.79 Å². The highest BCUT2D eigenvalue weighted by Crippen LogP contribution is 2.05. The second-order valence-corrected chi connectivity index (χ2v) is 4.72. The topological polar surface area (TPSA) is 124 Å². The number of hydrazine groups is 1. The Hall–Kier alpha value is -3.49. The summed E-state index contributed by atoms with van der Waals surface area (Å²) in [5, 5.41) is 24.5. The Kier molecular flexibility index (Phi) is 3.59. The van der Waals surface area contributed by atoms with Gasteiger partial charge in [-0.25, -0.2) is 9.80 Å². The number of imide groups is 1. The Balaban J connectivity index is 1.80. The molecule has 2 N–H and O–H groups in total. The lowest BCUT2D eigenvalue weighted by atomic mass is 10.1. The van der Waals surface area contributed by atoms with Gasteiger partial charge in [-0.2, -0.15) is 4.90 Å². The molecule has 0 radical (unpaired) electrons. The summed E-state index contributed by atoms with van der Waals surface area (Å²) in [7, 11) is 0. The summed E-state index contributed by atoms with van der Waals surface area (Å²) < 4.78 is 5.56. The smallest absolute Gasteiger partial charge is 0.343 e. The second kappa shape index (κ2) is 5.72. The molecule has 2 heterocycles. The average molecular weight is 315 g/mol. The fourth-order valence-electron chi connectivity index (χ4n) is 2.02. The van der Waals surface area contributed by atoms with Gasteiger partial charge in [-0.1, -0.05) is 0 Å². The third-order valence-corrected chi connectivity index (χ3v) is 3.15. The molecule has 0 bridgehead atoms. The quantitative estimate of drug-likeness (QED) is 0.401. The van der Waals surface area contributed by atoms with Gasteiger partial charge in [-0.15, -0.1) is 0 Å². The zero-order valence-corrected chi connectivity index (χ0v) is 11.7. The Bertz CT molecular complexity index is 855. The number of carbonyl (C=O) groups excluding carboxylic acids is 2. The number of rotatable bonds is 2. The van der Waals surface area contributed by atoms with Crippen molar-refractivity contribution in [3.8, 4) is 0 Å². The van der Waals surface area contributed by atoms with Crippen LogP contribution in [0, 0.1) is 10.4 Å². The van der Waals surface area contributed by atoms with Gasteiger partial charge in [-0.3, -0.25) is 15.5 Å². The van der Waals surface area contributed by atoms with E-state index in [4.69, 9.17) is 4.42 Å². The van der Waals surface area contributed by atoms with Gasteiger partial charge in [0.05, 0.1) is 6.20 Å². The Morgan fingerprint density at radius 2 is 1.96 bits per heavy atom. The lowest BCUT2D eigenvalue weighted by Crippen LogP contribution is -2.37. The van der Waals surface area contributed by atoms with E-state index in [0.29, 0.717) is 16.4 Å². The number of nitrogens with one attached hydrogen (secondary N) is 2. The van der Waals surface area contributed by atoms with E-state index in [1.54, 1.807) is 24.3 Å². The maximum absolute atomic E-state index is 11.3. The van der Waals surface area contributed by atoms with Crippen molar-refractivity contribution in [3.05, 3.63) is 57.7 Å². The number of carbonyl (C=O) groups is 2. The lowest BCUT2D eigenvalue weighted by molar-refractivity contribution is -0.377. The molecule has 9 heteroatoms. The zero-order chi connectivity index (χ0) is 16.4. The molecular weight excluding hydrogens is 304 g/mol. The molecule has 1 fully saturated rings. The molecule has 1 aromatic rings. The molecule has 0 spiro atoms. The molecule has 3 rings (SSSR count). The Morgan fingerprint density at radius 1 is 1.22 bits per heavy atom. The normalized spacial score (nSPS) is 17.9. The van der Waals surface area contributed by atoms with E-state index in [1.807, 2.05) is 0 Å². The first kappa shape index (κ1) is 14.4.